The standard InChI is InChI=1S/C18H26N2O/c1-4-5-18-19-10-11-20(18)13-17(21)16-8-6-15(7-9-16)12-14(2)3/h6-11,14,17,21H,4-5,12-13H2,1-3H3. The number of hydrogen-bond donors (Lipinski definition) is 1. The van der Waals surface area contributed by atoms with Crippen molar-refractivity contribution >= 4 is 0 Å². The third-order valence-corrected chi connectivity index (χ3v) is 3.65. The van der Waals surface area contributed by atoms with Crippen molar-refractivity contribution in [2.75, 3.05) is 0 Å². The fraction of sp³-hybridized carbons (Fsp3) is 0.500. The molecule has 0 saturated carbocycles. The first-order chi connectivity index (χ1) is 10.1. The first-order valence-corrected chi connectivity index (χ1v) is 7.87. The summed E-state index contributed by atoms with van der Waals surface area (Å²) in [7, 11) is 0. The van der Waals surface area contributed by atoms with E-state index < -0.39 is 6.10 Å². The molecule has 1 heterocycles. The van der Waals surface area contributed by atoms with Crippen LogP contribution in [0.1, 0.15) is 50.2 Å². The zero-order chi connectivity index (χ0) is 15.2. The van der Waals surface area contributed by atoms with Crippen molar-refractivity contribution < 1.29 is 5.11 Å². The lowest BCUT2D eigenvalue weighted by atomic mass is 10.0. The maximum absolute atomic E-state index is 10.4. The number of benzene rings is 1. The van der Waals surface area contributed by atoms with Gasteiger partial charge in [0.15, 0.2) is 0 Å². The van der Waals surface area contributed by atoms with Crippen molar-refractivity contribution in [3.8, 4) is 0 Å². The number of nitrogens with zero attached hydrogens (tertiary/aromatic N) is 2. The van der Waals surface area contributed by atoms with Crippen LogP contribution in [-0.4, -0.2) is 14.7 Å². The van der Waals surface area contributed by atoms with Gasteiger partial charge in [0.1, 0.15) is 5.82 Å². The van der Waals surface area contributed by atoms with Crippen molar-refractivity contribution in [1.29, 1.82) is 0 Å². The Labute approximate surface area is 127 Å². The summed E-state index contributed by atoms with van der Waals surface area (Å²) in [6.07, 6.45) is 6.37. The molecule has 3 heteroatoms. The van der Waals surface area contributed by atoms with Crippen LogP contribution in [0.5, 0.6) is 0 Å². The quantitative estimate of drug-likeness (QED) is 0.841. The molecule has 0 saturated heterocycles. The molecule has 1 atom stereocenters. The normalized spacial score (nSPS) is 12.8. The smallest absolute Gasteiger partial charge is 0.108 e. The summed E-state index contributed by atoms with van der Waals surface area (Å²) >= 11 is 0. The molecule has 114 valence electrons. The third kappa shape index (κ3) is 4.43. The minimum absolute atomic E-state index is 0.483. The molecule has 1 N–H and O–H groups in total. The zero-order valence-corrected chi connectivity index (χ0v) is 13.3. The van der Waals surface area contributed by atoms with Gasteiger partial charge in [-0.1, -0.05) is 45.0 Å². The summed E-state index contributed by atoms with van der Waals surface area (Å²) in [5, 5.41) is 10.4. The lowest BCUT2D eigenvalue weighted by Crippen LogP contribution is -2.11. The van der Waals surface area contributed by atoms with Gasteiger partial charge in [0.05, 0.1) is 12.6 Å². The van der Waals surface area contributed by atoms with Crippen LogP contribution in [-0.2, 0) is 19.4 Å². The Bertz CT molecular complexity index is 543. The van der Waals surface area contributed by atoms with Gasteiger partial charge in [-0.2, -0.15) is 0 Å². The summed E-state index contributed by atoms with van der Waals surface area (Å²) in [5.41, 5.74) is 2.30. The van der Waals surface area contributed by atoms with E-state index in [1.165, 1.54) is 5.56 Å². The van der Waals surface area contributed by atoms with Crippen LogP contribution in [0.25, 0.3) is 0 Å². The van der Waals surface area contributed by atoms with Crippen molar-refractivity contribution in [1.82, 2.24) is 9.55 Å². The van der Waals surface area contributed by atoms with Gasteiger partial charge in [0.2, 0.25) is 0 Å². The molecule has 2 aromatic rings. The van der Waals surface area contributed by atoms with E-state index in [2.05, 4.69) is 42.5 Å². The second-order valence-electron chi connectivity index (χ2n) is 6.10. The Balaban J connectivity index is 2.02. The predicted molar refractivity (Wildman–Crippen MR) is 86.2 cm³/mol. The fourth-order valence-corrected chi connectivity index (χ4v) is 2.60. The van der Waals surface area contributed by atoms with Crippen LogP contribution in [0.15, 0.2) is 36.7 Å². The van der Waals surface area contributed by atoms with E-state index in [0.717, 1.165) is 30.7 Å². The van der Waals surface area contributed by atoms with Gasteiger partial charge < -0.3 is 9.67 Å². The molecule has 0 bridgehead atoms. The van der Waals surface area contributed by atoms with E-state index in [-0.39, 0.29) is 0 Å². The van der Waals surface area contributed by atoms with Crippen LogP contribution in [0.2, 0.25) is 0 Å². The minimum atomic E-state index is -0.483. The molecule has 0 aliphatic carbocycles. The molecule has 1 unspecified atom stereocenters. The first kappa shape index (κ1) is 15.8. The molecule has 3 nitrogen and oxygen atoms in total. The molecule has 0 amide bonds. The van der Waals surface area contributed by atoms with E-state index in [9.17, 15) is 5.11 Å². The van der Waals surface area contributed by atoms with Crippen LogP contribution >= 0.6 is 0 Å². The molecular formula is C18H26N2O. The number of rotatable bonds is 7. The molecule has 1 aromatic heterocycles. The highest BCUT2D eigenvalue weighted by Gasteiger charge is 2.11. The van der Waals surface area contributed by atoms with E-state index in [1.807, 2.05) is 24.5 Å². The second kappa shape index (κ2) is 7.41. The van der Waals surface area contributed by atoms with Gasteiger partial charge in [0, 0.05) is 18.8 Å². The van der Waals surface area contributed by atoms with Gasteiger partial charge >= 0.3 is 0 Å². The lowest BCUT2D eigenvalue weighted by molar-refractivity contribution is 0.155. The molecule has 0 spiro atoms. The van der Waals surface area contributed by atoms with Crippen LogP contribution in [0, 0.1) is 5.92 Å². The van der Waals surface area contributed by atoms with E-state index in [4.69, 9.17) is 0 Å². The predicted octanol–water partition coefficient (Wildman–Crippen LogP) is 3.77. The van der Waals surface area contributed by atoms with Gasteiger partial charge in [-0.05, 0) is 29.9 Å². The topological polar surface area (TPSA) is 38.0 Å². The first-order valence-electron chi connectivity index (χ1n) is 7.87. The highest BCUT2D eigenvalue weighted by molar-refractivity contribution is 5.24. The zero-order valence-electron chi connectivity index (χ0n) is 13.3. The number of aromatic nitrogens is 2. The maximum Gasteiger partial charge on any atom is 0.108 e. The number of aliphatic hydroxyl groups is 1. The van der Waals surface area contributed by atoms with E-state index in [1.54, 1.807) is 0 Å². The monoisotopic (exact) mass is 286 g/mol. The Morgan fingerprint density at radius 2 is 1.90 bits per heavy atom. The average Bonchev–Trinajstić information content (AvgIpc) is 2.86. The Kier molecular flexibility index (Phi) is 5.57. The van der Waals surface area contributed by atoms with Gasteiger partial charge in [-0.15, -0.1) is 0 Å². The minimum Gasteiger partial charge on any atom is -0.387 e. The van der Waals surface area contributed by atoms with E-state index >= 15 is 0 Å². The number of imidazole rings is 1. The van der Waals surface area contributed by atoms with Gasteiger partial charge in [0.25, 0.3) is 0 Å². The number of aliphatic hydroxyl groups excluding tert-OH is 1. The second-order valence-corrected chi connectivity index (χ2v) is 6.10. The Morgan fingerprint density at radius 1 is 1.19 bits per heavy atom. The lowest BCUT2D eigenvalue weighted by Gasteiger charge is -2.15. The largest absolute Gasteiger partial charge is 0.387 e. The highest BCUT2D eigenvalue weighted by Crippen LogP contribution is 2.18. The summed E-state index contributed by atoms with van der Waals surface area (Å²) in [4.78, 5) is 4.35. The maximum atomic E-state index is 10.4. The SMILES string of the molecule is CCCc1nccn1CC(O)c1ccc(CC(C)C)cc1. The Hall–Kier alpha value is -1.61. The summed E-state index contributed by atoms with van der Waals surface area (Å²) in [5.74, 6) is 1.70. The third-order valence-electron chi connectivity index (χ3n) is 3.65. The summed E-state index contributed by atoms with van der Waals surface area (Å²) in [6, 6.07) is 8.33. The molecule has 0 radical (unpaired) electrons. The van der Waals surface area contributed by atoms with E-state index in [0.29, 0.717) is 12.5 Å². The average molecular weight is 286 g/mol. The molecule has 0 fully saturated rings. The van der Waals surface area contributed by atoms with Crippen molar-refractivity contribution in [2.45, 2.75) is 52.7 Å². The molecule has 0 aliphatic rings. The fourth-order valence-electron chi connectivity index (χ4n) is 2.60. The number of hydrogen-bond acceptors (Lipinski definition) is 2. The number of aryl methyl sites for hydroxylation is 1. The van der Waals surface area contributed by atoms with Gasteiger partial charge in [-0.3, -0.25) is 0 Å². The summed E-state index contributed by atoms with van der Waals surface area (Å²) < 4.78 is 2.05. The molecular weight excluding hydrogens is 260 g/mol. The van der Waals surface area contributed by atoms with Crippen molar-refractivity contribution in [3.05, 3.63) is 53.6 Å². The molecule has 1 aromatic carbocycles. The molecule has 0 aliphatic heterocycles. The van der Waals surface area contributed by atoms with Crippen molar-refractivity contribution in [2.24, 2.45) is 5.92 Å². The van der Waals surface area contributed by atoms with Gasteiger partial charge in [-0.25, -0.2) is 4.98 Å². The molecule has 2 rings (SSSR count). The molecule has 21 heavy (non-hydrogen) atoms. The summed E-state index contributed by atoms with van der Waals surface area (Å²) in [6.45, 7) is 7.15. The Morgan fingerprint density at radius 3 is 2.52 bits per heavy atom. The van der Waals surface area contributed by atoms with Crippen LogP contribution in [0.3, 0.4) is 0 Å². The highest BCUT2D eigenvalue weighted by atomic mass is 16.3. The van der Waals surface area contributed by atoms with Crippen LogP contribution < -0.4 is 0 Å². The van der Waals surface area contributed by atoms with Crippen molar-refractivity contribution in [3.63, 3.8) is 0 Å². The van der Waals surface area contributed by atoms with Crippen LogP contribution in [0.4, 0.5) is 0 Å².